The van der Waals surface area contributed by atoms with Crippen molar-refractivity contribution in [1.82, 2.24) is 0 Å². The molecule has 1 rings (SSSR count). The fraction of sp³-hybridized carbons (Fsp3) is 0.600. The Balaban J connectivity index is 2.58. The molecule has 1 unspecified atom stereocenters. The van der Waals surface area contributed by atoms with Gasteiger partial charge in [-0.2, -0.15) is 0 Å². The van der Waals surface area contributed by atoms with Gasteiger partial charge in [0.05, 0.1) is 3.39 Å². The van der Waals surface area contributed by atoms with Gasteiger partial charge in [0, 0.05) is 12.8 Å². The molecule has 4 heteroatoms. The molecule has 1 aliphatic heterocycles. The highest BCUT2D eigenvalue weighted by molar-refractivity contribution is 9.28. The molecule has 0 spiro atoms. The van der Waals surface area contributed by atoms with Crippen LogP contribution in [0, 0.1) is 0 Å². The van der Waals surface area contributed by atoms with Crippen LogP contribution in [0.15, 0.2) is 9.15 Å². The van der Waals surface area contributed by atoms with Crippen molar-refractivity contribution < 1.29 is 9.84 Å². The van der Waals surface area contributed by atoms with Crippen LogP contribution < -0.4 is 0 Å². The average Bonchev–Trinajstić information content (AvgIpc) is 2.14. The van der Waals surface area contributed by atoms with Gasteiger partial charge in [0.1, 0.15) is 5.76 Å². The zero-order chi connectivity index (χ0) is 6.85. The van der Waals surface area contributed by atoms with E-state index in [2.05, 4.69) is 31.9 Å². The van der Waals surface area contributed by atoms with Crippen LogP contribution in [0.5, 0.6) is 0 Å². The van der Waals surface area contributed by atoms with E-state index in [-0.39, 0.29) is 0 Å². The van der Waals surface area contributed by atoms with Gasteiger partial charge in [-0.1, -0.05) is 0 Å². The highest BCUT2D eigenvalue weighted by Gasteiger charge is 2.19. The molecule has 52 valence electrons. The van der Waals surface area contributed by atoms with E-state index in [1.165, 1.54) is 0 Å². The maximum atomic E-state index is 8.85. The molecule has 0 radical (unpaired) electrons. The number of rotatable bonds is 0. The van der Waals surface area contributed by atoms with Crippen LogP contribution in [0.4, 0.5) is 0 Å². The molecule has 0 saturated carbocycles. The van der Waals surface area contributed by atoms with Crippen LogP contribution in [-0.4, -0.2) is 11.4 Å². The summed E-state index contributed by atoms with van der Waals surface area (Å²) in [6, 6.07) is 0. The van der Waals surface area contributed by atoms with Gasteiger partial charge in [-0.3, -0.25) is 0 Å². The van der Waals surface area contributed by atoms with E-state index in [1.54, 1.807) is 0 Å². The molecule has 1 saturated heterocycles. The van der Waals surface area contributed by atoms with Crippen LogP contribution in [0.3, 0.4) is 0 Å². The smallest absolute Gasteiger partial charge is 0.197 e. The van der Waals surface area contributed by atoms with Gasteiger partial charge < -0.3 is 9.84 Å². The molecule has 0 aromatic heterocycles. The molecule has 1 atom stereocenters. The van der Waals surface area contributed by atoms with E-state index in [1.807, 2.05) is 0 Å². The Morgan fingerprint density at radius 1 is 1.67 bits per heavy atom. The highest BCUT2D eigenvalue weighted by atomic mass is 79.9. The standard InChI is InChI=1S/C5H6Br2O2/c6-5(7)3-1-2-4(8)9-3/h4,8H,1-2H2. The summed E-state index contributed by atoms with van der Waals surface area (Å²) in [6.07, 6.45) is 0.883. The summed E-state index contributed by atoms with van der Waals surface area (Å²) in [5.74, 6) is 0.794. The lowest BCUT2D eigenvalue weighted by Crippen LogP contribution is -1.99. The summed E-state index contributed by atoms with van der Waals surface area (Å²) in [5.41, 5.74) is 0. The summed E-state index contributed by atoms with van der Waals surface area (Å²) in [4.78, 5) is 0. The lowest BCUT2D eigenvalue weighted by atomic mass is 10.3. The van der Waals surface area contributed by atoms with Crippen molar-refractivity contribution in [3.05, 3.63) is 9.15 Å². The van der Waals surface area contributed by atoms with Crippen LogP contribution in [0.1, 0.15) is 12.8 Å². The van der Waals surface area contributed by atoms with Gasteiger partial charge in [-0.25, -0.2) is 0 Å². The number of ether oxygens (including phenoxy) is 1. The topological polar surface area (TPSA) is 29.5 Å². The molecule has 2 nitrogen and oxygen atoms in total. The molecule has 1 aliphatic rings. The zero-order valence-corrected chi connectivity index (χ0v) is 7.77. The maximum Gasteiger partial charge on any atom is 0.197 e. The molecule has 1 fully saturated rings. The molecular formula is C5H6Br2O2. The third-order valence-corrected chi connectivity index (χ3v) is 1.99. The van der Waals surface area contributed by atoms with E-state index in [4.69, 9.17) is 9.84 Å². The number of aliphatic hydroxyl groups excluding tert-OH is 1. The van der Waals surface area contributed by atoms with Crippen molar-refractivity contribution in [3.8, 4) is 0 Å². The summed E-state index contributed by atoms with van der Waals surface area (Å²) in [6.45, 7) is 0. The Hall–Kier alpha value is 0.460. The predicted octanol–water partition coefficient (Wildman–Crippen LogP) is 2.07. The highest BCUT2D eigenvalue weighted by Crippen LogP contribution is 2.30. The first-order valence-electron chi connectivity index (χ1n) is 2.59. The lowest BCUT2D eigenvalue weighted by Gasteiger charge is -2.01. The molecule has 1 heterocycles. The summed E-state index contributed by atoms with van der Waals surface area (Å²) in [5, 5.41) is 8.85. The normalized spacial score (nSPS) is 26.1. The second-order valence-electron chi connectivity index (χ2n) is 1.79. The Kier molecular flexibility index (Phi) is 2.55. The monoisotopic (exact) mass is 256 g/mol. The molecule has 0 aromatic rings. The molecule has 1 N–H and O–H groups in total. The Morgan fingerprint density at radius 2 is 2.33 bits per heavy atom. The zero-order valence-electron chi connectivity index (χ0n) is 4.60. The molecular weight excluding hydrogens is 252 g/mol. The quantitative estimate of drug-likeness (QED) is 0.720. The third-order valence-electron chi connectivity index (χ3n) is 1.11. The number of hydrogen-bond donors (Lipinski definition) is 1. The van der Waals surface area contributed by atoms with E-state index in [0.29, 0.717) is 6.42 Å². The van der Waals surface area contributed by atoms with Gasteiger partial charge in [-0.05, 0) is 31.9 Å². The average molecular weight is 258 g/mol. The summed E-state index contributed by atoms with van der Waals surface area (Å²) >= 11 is 6.38. The summed E-state index contributed by atoms with van der Waals surface area (Å²) in [7, 11) is 0. The number of aliphatic hydroxyl groups is 1. The molecule has 0 aromatic carbocycles. The predicted molar refractivity (Wildman–Crippen MR) is 41.2 cm³/mol. The minimum Gasteiger partial charge on any atom is -0.468 e. The van der Waals surface area contributed by atoms with Crippen LogP contribution in [0.25, 0.3) is 0 Å². The molecule has 0 bridgehead atoms. The van der Waals surface area contributed by atoms with E-state index < -0.39 is 6.29 Å². The number of halogens is 2. The van der Waals surface area contributed by atoms with Crippen molar-refractivity contribution in [2.24, 2.45) is 0 Å². The fourth-order valence-electron chi connectivity index (χ4n) is 0.676. The van der Waals surface area contributed by atoms with Crippen molar-refractivity contribution in [2.45, 2.75) is 19.1 Å². The van der Waals surface area contributed by atoms with Gasteiger partial charge in [0.25, 0.3) is 0 Å². The van der Waals surface area contributed by atoms with Crippen LogP contribution >= 0.6 is 31.9 Å². The van der Waals surface area contributed by atoms with Gasteiger partial charge >= 0.3 is 0 Å². The number of allylic oxidation sites excluding steroid dienone is 1. The molecule has 9 heavy (non-hydrogen) atoms. The minimum absolute atomic E-state index is 0.606. The SMILES string of the molecule is OC1CCC(=C(Br)Br)O1. The van der Waals surface area contributed by atoms with E-state index in [0.717, 1.165) is 15.6 Å². The fourth-order valence-corrected chi connectivity index (χ4v) is 1.26. The Morgan fingerprint density at radius 3 is 2.56 bits per heavy atom. The van der Waals surface area contributed by atoms with Gasteiger partial charge in [0.2, 0.25) is 0 Å². The molecule has 0 aliphatic carbocycles. The van der Waals surface area contributed by atoms with E-state index in [9.17, 15) is 0 Å². The van der Waals surface area contributed by atoms with Gasteiger partial charge in [-0.15, -0.1) is 0 Å². The first kappa shape index (κ1) is 7.57. The first-order chi connectivity index (χ1) is 4.20. The van der Waals surface area contributed by atoms with Crippen LogP contribution in [-0.2, 0) is 4.74 Å². The van der Waals surface area contributed by atoms with Crippen molar-refractivity contribution in [2.75, 3.05) is 0 Å². The Labute approximate surface area is 70.1 Å². The van der Waals surface area contributed by atoms with Crippen molar-refractivity contribution >= 4 is 31.9 Å². The second-order valence-corrected chi connectivity index (χ2v) is 4.44. The first-order valence-corrected chi connectivity index (χ1v) is 4.17. The third kappa shape index (κ3) is 1.95. The Bertz CT molecular complexity index is 140. The molecule has 0 amide bonds. The van der Waals surface area contributed by atoms with Crippen LogP contribution in [0.2, 0.25) is 0 Å². The largest absolute Gasteiger partial charge is 0.468 e. The van der Waals surface area contributed by atoms with Gasteiger partial charge in [0.15, 0.2) is 6.29 Å². The van der Waals surface area contributed by atoms with Crippen molar-refractivity contribution in [3.63, 3.8) is 0 Å². The lowest BCUT2D eigenvalue weighted by molar-refractivity contribution is -0.0350. The second kappa shape index (κ2) is 3.03. The maximum absolute atomic E-state index is 8.85. The van der Waals surface area contributed by atoms with Crippen molar-refractivity contribution in [1.29, 1.82) is 0 Å². The number of hydrogen-bond acceptors (Lipinski definition) is 2. The summed E-state index contributed by atoms with van der Waals surface area (Å²) < 4.78 is 5.76. The van der Waals surface area contributed by atoms with E-state index >= 15 is 0 Å². The minimum atomic E-state index is -0.606.